The van der Waals surface area contributed by atoms with E-state index in [0.717, 1.165) is 28.6 Å². The second-order valence-corrected chi connectivity index (χ2v) is 8.12. The number of amidine groups is 1. The first-order chi connectivity index (χ1) is 15.1. The van der Waals surface area contributed by atoms with Gasteiger partial charge in [-0.2, -0.15) is 18.2 Å². The smallest absolute Gasteiger partial charge is 0.330 e. The van der Waals surface area contributed by atoms with Crippen LogP contribution in [0.5, 0.6) is 0 Å². The first kappa shape index (κ1) is 22.0. The molecule has 32 heavy (non-hydrogen) atoms. The number of hydrogen-bond acceptors (Lipinski definition) is 4. The number of fused-ring (bicyclic) bond motifs is 2. The number of likely N-dealkylation sites (N-methyl/N-ethyl adjacent to an activating group) is 1. The Morgan fingerprint density at radius 3 is 2.59 bits per heavy atom. The fraction of sp³-hybridized carbons (Fsp3) is 0.348. The van der Waals surface area contributed by atoms with E-state index in [1.54, 1.807) is 13.1 Å². The standard InChI is InChI=1S/C23H24F3N5O/c1-14-10-18-20(11-15(14)2)31(21-19(28-18)12-27-22(32)29-21)9-8-30(3)13-16-6-4-5-7-17(16)23(24,25)26/h4-7,10-11H,8-9,12-13H2,1-3H3,(H,27,32). The van der Waals surface area contributed by atoms with Gasteiger partial charge in [0.25, 0.3) is 0 Å². The molecule has 0 spiro atoms. The summed E-state index contributed by atoms with van der Waals surface area (Å²) >= 11 is 0. The molecule has 4 rings (SSSR count). The van der Waals surface area contributed by atoms with Crippen LogP contribution in [-0.4, -0.2) is 49.2 Å². The average Bonchev–Trinajstić information content (AvgIpc) is 2.72. The number of aliphatic imine (C=N–C) groups is 2. The van der Waals surface area contributed by atoms with Crippen LogP contribution < -0.4 is 10.2 Å². The zero-order valence-corrected chi connectivity index (χ0v) is 18.1. The maximum atomic E-state index is 13.3. The van der Waals surface area contributed by atoms with Crippen molar-refractivity contribution in [3.05, 3.63) is 58.7 Å². The summed E-state index contributed by atoms with van der Waals surface area (Å²) in [4.78, 5) is 24.5. The van der Waals surface area contributed by atoms with Crippen molar-refractivity contribution in [2.24, 2.45) is 9.98 Å². The van der Waals surface area contributed by atoms with E-state index in [2.05, 4.69) is 15.3 Å². The molecule has 0 unspecified atom stereocenters. The molecule has 2 aliphatic rings. The van der Waals surface area contributed by atoms with Crippen molar-refractivity contribution in [3.8, 4) is 0 Å². The van der Waals surface area contributed by atoms with Crippen molar-refractivity contribution in [1.82, 2.24) is 10.2 Å². The minimum Gasteiger partial charge on any atom is -0.330 e. The second kappa shape index (κ2) is 8.38. The van der Waals surface area contributed by atoms with Gasteiger partial charge in [-0.05, 0) is 55.8 Å². The van der Waals surface area contributed by atoms with Crippen molar-refractivity contribution >= 4 is 29.0 Å². The van der Waals surface area contributed by atoms with Crippen molar-refractivity contribution in [2.45, 2.75) is 26.6 Å². The monoisotopic (exact) mass is 443 g/mol. The van der Waals surface area contributed by atoms with Crippen molar-refractivity contribution in [1.29, 1.82) is 0 Å². The second-order valence-electron chi connectivity index (χ2n) is 8.12. The van der Waals surface area contributed by atoms with E-state index in [1.807, 2.05) is 35.8 Å². The zero-order valence-electron chi connectivity index (χ0n) is 18.1. The maximum absolute atomic E-state index is 13.3. The van der Waals surface area contributed by atoms with Crippen LogP contribution in [0.1, 0.15) is 22.3 Å². The molecule has 9 heteroatoms. The minimum absolute atomic E-state index is 0.150. The summed E-state index contributed by atoms with van der Waals surface area (Å²) in [6.45, 7) is 5.37. The quantitative estimate of drug-likeness (QED) is 0.742. The predicted octanol–water partition coefficient (Wildman–Crippen LogP) is 4.47. The predicted molar refractivity (Wildman–Crippen MR) is 119 cm³/mol. The highest BCUT2D eigenvalue weighted by atomic mass is 19.4. The van der Waals surface area contributed by atoms with Gasteiger partial charge >= 0.3 is 12.2 Å². The summed E-state index contributed by atoms with van der Waals surface area (Å²) in [6, 6.07) is 9.20. The number of carbonyl (C=O) groups is 1. The molecule has 2 heterocycles. The number of urea groups is 1. The molecule has 2 aromatic carbocycles. The van der Waals surface area contributed by atoms with Gasteiger partial charge in [0.1, 0.15) is 5.71 Å². The van der Waals surface area contributed by atoms with E-state index >= 15 is 0 Å². The molecular weight excluding hydrogens is 419 g/mol. The van der Waals surface area contributed by atoms with E-state index in [1.165, 1.54) is 12.1 Å². The molecule has 2 aliphatic heterocycles. The highest BCUT2D eigenvalue weighted by molar-refractivity contribution is 6.51. The molecule has 1 N–H and O–H groups in total. The van der Waals surface area contributed by atoms with Crippen molar-refractivity contribution < 1.29 is 18.0 Å². The maximum Gasteiger partial charge on any atom is 0.416 e. The Bertz CT molecular complexity index is 1120. The number of aryl methyl sites for hydroxylation is 2. The summed E-state index contributed by atoms with van der Waals surface area (Å²) in [5, 5.41) is 2.68. The van der Waals surface area contributed by atoms with Gasteiger partial charge in [-0.25, -0.2) is 9.79 Å². The first-order valence-electron chi connectivity index (χ1n) is 10.3. The average molecular weight is 443 g/mol. The van der Waals surface area contributed by atoms with Crippen LogP contribution in [-0.2, 0) is 12.7 Å². The largest absolute Gasteiger partial charge is 0.416 e. The topological polar surface area (TPSA) is 60.3 Å². The number of halogens is 3. The highest BCUT2D eigenvalue weighted by Crippen LogP contribution is 2.36. The van der Waals surface area contributed by atoms with Gasteiger partial charge in [0.05, 0.1) is 23.5 Å². The summed E-state index contributed by atoms with van der Waals surface area (Å²) in [5.41, 5.74) is 4.10. The molecule has 0 atom stereocenters. The Hall–Kier alpha value is -3.20. The van der Waals surface area contributed by atoms with Gasteiger partial charge in [0, 0.05) is 19.6 Å². The minimum atomic E-state index is -4.39. The molecule has 0 aromatic heterocycles. The van der Waals surface area contributed by atoms with Crippen LogP contribution in [0.25, 0.3) is 0 Å². The number of carbonyl (C=O) groups excluding carboxylic acids is 1. The number of hydrogen-bond donors (Lipinski definition) is 1. The number of rotatable bonds is 5. The lowest BCUT2D eigenvalue weighted by Crippen LogP contribution is -2.50. The van der Waals surface area contributed by atoms with Gasteiger partial charge in [-0.15, -0.1) is 0 Å². The van der Waals surface area contributed by atoms with Crippen LogP contribution in [0.3, 0.4) is 0 Å². The fourth-order valence-corrected chi connectivity index (χ4v) is 3.90. The first-order valence-corrected chi connectivity index (χ1v) is 10.3. The van der Waals surface area contributed by atoms with Crippen LogP contribution in [0, 0.1) is 13.8 Å². The van der Waals surface area contributed by atoms with E-state index in [0.29, 0.717) is 24.6 Å². The van der Waals surface area contributed by atoms with Crippen molar-refractivity contribution in [2.75, 3.05) is 31.6 Å². The summed E-state index contributed by atoms with van der Waals surface area (Å²) in [7, 11) is 1.78. The van der Waals surface area contributed by atoms with Crippen LogP contribution in [0.2, 0.25) is 0 Å². The molecule has 168 valence electrons. The number of nitrogens with zero attached hydrogens (tertiary/aromatic N) is 4. The Morgan fingerprint density at radius 1 is 1.12 bits per heavy atom. The number of alkyl halides is 3. The van der Waals surface area contributed by atoms with Crippen LogP contribution >= 0.6 is 0 Å². The zero-order chi connectivity index (χ0) is 23.0. The molecule has 2 aromatic rings. The molecule has 0 saturated heterocycles. The third-order valence-corrected chi connectivity index (χ3v) is 5.73. The molecule has 0 bridgehead atoms. The molecule has 0 fully saturated rings. The lowest BCUT2D eigenvalue weighted by atomic mass is 10.0. The normalized spacial score (nSPS) is 15.7. The number of benzene rings is 2. The molecule has 2 amide bonds. The Labute approximate surface area is 184 Å². The number of amides is 2. The third kappa shape index (κ3) is 4.38. The SMILES string of the molecule is Cc1cc2c(cc1C)N(CCN(C)Cc1ccccc1C(F)(F)F)C1=NC(=O)NCC1=N2. The van der Waals surface area contributed by atoms with Gasteiger partial charge in [-0.1, -0.05) is 18.2 Å². The Morgan fingerprint density at radius 2 is 1.84 bits per heavy atom. The lowest BCUT2D eigenvalue weighted by Gasteiger charge is -2.34. The summed E-state index contributed by atoms with van der Waals surface area (Å²) < 4.78 is 40.0. The molecule has 6 nitrogen and oxygen atoms in total. The fourth-order valence-electron chi connectivity index (χ4n) is 3.90. The third-order valence-electron chi connectivity index (χ3n) is 5.73. The summed E-state index contributed by atoms with van der Waals surface area (Å²) in [5.74, 6) is 0.494. The van der Waals surface area contributed by atoms with Gasteiger partial charge < -0.3 is 15.1 Å². The molecule has 0 radical (unpaired) electrons. The van der Waals surface area contributed by atoms with E-state index in [4.69, 9.17) is 0 Å². The van der Waals surface area contributed by atoms with Crippen molar-refractivity contribution in [3.63, 3.8) is 0 Å². The van der Waals surface area contributed by atoms with E-state index < -0.39 is 17.8 Å². The van der Waals surface area contributed by atoms with Crippen LogP contribution in [0.15, 0.2) is 46.4 Å². The number of nitrogens with one attached hydrogen (secondary N) is 1. The van der Waals surface area contributed by atoms with Crippen LogP contribution in [0.4, 0.5) is 29.3 Å². The summed E-state index contributed by atoms with van der Waals surface area (Å²) in [6.07, 6.45) is -4.39. The van der Waals surface area contributed by atoms with Gasteiger partial charge in [-0.3, -0.25) is 0 Å². The lowest BCUT2D eigenvalue weighted by molar-refractivity contribution is -0.138. The van der Waals surface area contributed by atoms with E-state index in [9.17, 15) is 18.0 Å². The molecular formula is C23H24F3N5O. The Kier molecular flexibility index (Phi) is 5.77. The van der Waals surface area contributed by atoms with E-state index in [-0.39, 0.29) is 18.7 Å². The van der Waals surface area contributed by atoms with Gasteiger partial charge in [0.2, 0.25) is 0 Å². The Balaban J connectivity index is 1.58. The molecule has 0 aliphatic carbocycles. The highest BCUT2D eigenvalue weighted by Gasteiger charge is 2.33. The van der Waals surface area contributed by atoms with Gasteiger partial charge in [0.15, 0.2) is 5.84 Å². The molecule has 0 saturated carbocycles. The number of anilines is 1.